The highest BCUT2D eigenvalue weighted by atomic mass is 32.2. The van der Waals surface area contributed by atoms with E-state index in [-0.39, 0.29) is 26.2 Å². The number of rotatable bonds is 6. The Kier molecular flexibility index (Phi) is 4.73. The van der Waals surface area contributed by atoms with Crippen LogP contribution >= 0.6 is 0 Å². The molecular weight excluding hydrogens is 284 g/mol. The molecule has 104 valence electrons. The van der Waals surface area contributed by atoms with Gasteiger partial charge < -0.3 is 8.37 Å². The summed E-state index contributed by atoms with van der Waals surface area (Å²) >= 11 is 0. The highest BCUT2D eigenvalue weighted by molar-refractivity contribution is 7.84. The molecule has 0 aromatic heterocycles. The van der Waals surface area contributed by atoms with Crippen molar-refractivity contribution in [2.75, 3.05) is 26.2 Å². The van der Waals surface area contributed by atoms with E-state index in [2.05, 4.69) is 21.5 Å². The minimum Gasteiger partial charge on any atom is -0.379 e. The van der Waals surface area contributed by atoms with Gasteiger partial charge in [-0.3, -0.25) is 0 Å². The number of hydrogen-bond donors (Lipinski definition) is 0. The first-order chi connectivity index (χ1) is 8.33. The van der Waals surface area contributed by atoms with Crippen molar-refractivity contribution in [2.24, 2.45) is 0 Å². The van der Waals surface area contributed by atoms with Gasteiger partial charge in [0.25, 0.3) is 0 Å². The number of nitrogens with zero attached hydrogens (tertiary/aromatic N) is 2. The lowest BCUT2D eigenvalue weighted by Crippen LogP contribution is -2.50. The molecule has 1 rings (SSSR count). The molecule has 0 aromatic rings. The van der Waals surface area contributed by atoms with Gasteiger partial charge in [-0.1, -0.05) is 13.2 Å². The van der Waals surface area contributed by atoms with Crippen molar-refractivity contribution in [3.05, 3.63) is 25.7 Å². The van der Waals surface area contributed by atoms with Crippen LogP contribution in [-0.4, -0.2) is 51.6 Å². The van der Waals surface area contributed by atoms with Gasteiger partial charge in [0, 0.05) is 26.2 Å². The summed E-state index contributed by atoms with van der Waals surface area (Å²) in [6.45, 7) is 6.24. The second-order valence-corrected chi connectivity index (χ2v) is 6.37. The zero-order valence-corrected chi connectivity index (χ0v) is 11.2. The predicted molar refractivity (Wildman–Crippen MR) is 63.5 cm³/mol. The molecule has 8 nitrogen and oxygen atoms in total. The summed E-state index contributed by atoms with van der Waals surface area (Å²) in [6.07, 6.45) is 1.61. The van der Waals surface area contributed by atoms with Crippen LogP contribution in [0.2, 0.25) is 0 Å². The van der Waals surface area contributed by atoms with Crippen molar-refractivity contribution in [3.63, 3.8) is 0 Å². The van der Waals surface area contributed by atoms with Gasteiger partial charge in [-0.25, -0.2) is 0 Å². The van der Waals surface area contributed by atoms with E-state index < -0.39 is 20.6 Å². The van der Waals surface area contributed by atoms with Crippen LogP contribution in [0.3, 0.4) is 0 Å². The summed E-state index contributed by atoms with van der Waals surface area (Å²) in [7, 11) is -7.76. The molecule has 0 amide bonds. The normalized spacial score (nSPS) is 19.1. The molecule has 10 heteroatoms. The SMILES string of the molecule is C=COS(=O)(=O)N1CCN(S(=O)(=O)OC=C)CC1. The lowest BCUT2D eigenvalue weighted by Gasteiger charge is -2.31. The van der Waals surface area contributed by atoms with Gasteiger partial charge in [-0.05, 0) is 0 Å². The van der Waals surface area contributed by atoms with E-state index in [9.17, 15) is 16.8 Å². The Balaban J connectivity index is 2.67. The fraction of sp³-hybridized carbons (Fsp3) is 0.500. The largest absolute Gasteiger partial charge is 0.384 e. The summed E-state index contributed by atoms with van der Waals surface area (Å²) in [5.41, 5.74) is 0. The smallest absolute Gasteiger partial charge is 0.379 e. The van der Waals surface area contributed by atoms with Crippen LogP contribution in [0.15, 0.2) is 25.7 Å². The molecule has 1 fully saturated rings. The Morgan fingerprint density at radius 2 is 1.06 bits per heavy atom. The maximum absolute atomic E-state index is 11.5. The Morgan fingerprint density at radius 3 is 1.28 bits per heavy atom. The first kappa shape index (κ1) is 15.0. The monoisotopic (exact) mass is 298 g/mol. The fourth-order valence-corrected chi connectivity index (χ4v) is 3.22. The van der Waals surface area contributed by atoms with Crippen molar-refractivity contribution in [2.45, 2.75) is 0 Å². The molecule has 0 bridgehead atoms. The van der Waals surface area contributed by atoms with E-state index in [1.165, 1.54) is 0 Å². The van der Waals surface area contributed by atoms with Crippen molar-refractivity contribution in [1.82, 2.24) is 8.61 Å². The van der Waals surface area contributed by atoms with E-state index in [4.69, 9.17) is 0 Å². The molecule has 0 unspecified atom stereocenters. The van der Waals surface area contributed by atoms with E-state index in [0.717, 1.165) is 21.1 Å². The Morgan fingerprint density at radius 1 is 0.778 bits per heavy atom. The maximum atomic E-state index is 11.5. The quantitative estimate of drug-likeness (QED) is 0.609. The molecule has 0 aliphatic carbocycles. The minimum atomic E-state index is -3.88. The molecule has 1 aliphatic rings. The van der Waals surface area contributed by atoms with Gasteiger partial charge in [-0.2, -0.15) is 25.4 Å². The molecule has 0 N–H and O–H groups in total. The standard InChI is InChI=1S/C8H14N2O6S2/c1-3-15-17(11,12)9-5-7-10(8-6-9)18(13,14)16-4-2/h3-4H,1-2,5-8H2. The number of piperazine rings is 1. The van der Waals surface area contributed by atoms with Crippen LogP contribution < -0.4 is 0 Å². The van der Waals surface area contributed by atoms with Gasteiger partial charge in [0.2, 0.25) is 0 Å². The summed E-state index contributed by atoms with van der Waals surface area (Å²) < 4.78 is 56.8. The summed E-state index contributed by atoms with van der Waals surface area (Å²) in [5.74, 6) is 0. The average molecular weight is 298 g/mol. The molecule has 1 heterocycles. The second kappa shape index (κ2) is 5.69. The van der Waals surface area contributed by atoms with Crippen LogP contribution in [0.5, 0.6) is 0 Å². The third-order valence-electron chi connectivity index (χ3n) is 2.21. The van der Waals surface area contributed by atoms with Gasteiger partial charge in [0.05, 0.1) is 0 Å². The summed E-state index contributed by atoms with van der Waals surface area (Å²) in [6, 6.07) is 0. The molecule has 0 radical (unpaired) electrons. The van der Waals surface area contributed by atoms with Gasteiger partial charge >= 0.3 is 20.6 Å². The van der Waals surface area contributed by atoms with E-state index in [1.807, 2.05) is 0 Å². The first-order valence-corrected chi connectivity index (χ1v) is 7.65. The first-order valence-electron chi connectivity index (χ1n) is 4.92. The van der Waals surface area contributed by atoms with Crippen LogP contribution in [0, 0.1) is 0 Å². The van der Waals surface area contributed by atoms with Crippen molar-refractivity contribution >= 4 is 20.6 Å². The third kappa shape index (κ3) is 3.45. The van der Waals surface area contributed by atoms with Crippen molar-refractivity contribution in [1.29, 1.82) is 0 Å². The topological polar surface area (TPSA) is 93.2 Å². The second-order valence-electron chi connectivity index (χ2n) is 3.24. The van der Waals surface area contributed by atoms with E-state index >= 15 is 0 Å². The summed E-state index contributed by atoms with van der Waals surface area (Å²) in [5, 5.41) is 0. The molecule has 0 aromatic carbocycles. The summed E-state index contributed by atoms with van der Waals surface area (Å²) in [4.78, 5) is 0. The van der Waals surface area contributed by atoms with Crippen molar-refractivity contribution in [3.8, 4) is 0 Å². The molecular formula is C8H14N2O6S2. The molecule has 1 saturated heterocycles. The van der Waals surface area contributed by atoms with Crippen molar-refractivity contribution < 1.29 is 25.2 Å². The lowest BCUT2D eigenvalue weighted by molar-refractivity contribution is 0.233. The van der Waals surface area contributed by atoms with E-state index in [0.29, 0.717) is 0 Å². The van der Waals surface area contributed by atoms with Crippen LogP contribution in [0.4, 0.5) is 0 Å². The minimum absolute atomic E-state index is 0.0180. The number of hydrogen-bond acceptors (Lipinski definition) is 6. The van der Waals surface area contributed by atoms with Crippen LogP contribution in [0.25, 0.3) is 0 Å². The molecule has 0 spiro atoms. The molecule has 0 saturated carbocycles. The van der Waals surface area contributed by atoms with E-state index in [1.54, 1.807) is 0 Å². The zero-order valence-electron chi connectivity index (χ0n) is 9.56. The Bertz CT molecular complexity index is 456. The molecule has 0 atom stereocenters. The fourth-order valence-electron chi connectivity index (χ4n) is 1.41. The van der Waals surface area contributed by atoms with Gasteiger partial charge in [0.1, 0.15) is 12.5 Å². The average Bonchev–Trinajstić information content (AvgIpc) is 2.29. The molecule has 1 aliphatic heterocycles. The van der Waals surface area contributed by atoms with Gasteiger partial charge in [-0.15, -0.1) is 0 Å². The highest BCUT2D eigenvalue weighted by Gasteiger charge is 2.33. The lowest BCUT2D eigenvalue weighted by atomic mass is 10.4. The Hall–Kier alpha value is -1.10. The van der Waals surface area contributed by atoms with Crippen LogP contribution in [0.1, 0.15) is 0 Å². The van der Waals surface area contributed by atoms with Gasteiger partial charge in [0.15, 0.2) is 0 Å². The molecule has 18 heavy (non-hydrogen) atoms. The maximum Gasteiger partial charge on any atom is 0.384 e. The zero-order chi connectivity index (χ0) is 13.8. The van der Waals surface area contributed by atoms with Crippen LogP contribution in [-0.2, 0) is 29.0 Å². The predicted octanol–water partition coefficient (Wildman–Crippen LogP) is -0.586. The highest BCUT2D eigenvalue weighted by Crippen LogP contribution is 2.13. The third-order valence-corrected chi connectivity index (χ3v) is 4.96. The Labute approximate surface area is 107 Å².